The van der Waals surface area contributed by atoms with Gasteiger partial charge in [-0.15, -0.1) is 0 Å². The number of hydrogen-bond acceptors (Lipinski definition) is 6. The summed E-state index contributed by atoms with van der Waals surface area (Å²) in [7, 11) is 0. The number of rotatable bonds is 16. The summed E-state index contributed by atoms with van der Waals surface area (Å²) in [5, 5.41) is 19.3. The highest BCUT2D eigenvalue weighted by molar-refractivity contribution is 5.67. The van der Waals surface area contributed by atoms with Gasteiger partial charge in [0, 0.05) is 38.5 Å². The van der Waals surface area contributed by atoms with E-state index in [2.05, 4.69) is 145 Å². The van der Waals surface area contributed by atoms with Crippen LogP contribution in [0.4, 0.5) is 0 Å². The maximum Gasteiger partial charge on any atom is 0.303 e. The number of carboxylic acids is 2. The molecule has 4 aromatic carbocycles. The number of carbonyl (C=O) groups is 2. The molecule has 8 heteroatoms. The lowest BCUT2D eigenvalue weighted by Crippen LogP contribution is -2.18. The molecule has 0 atom stereocenters. The lowest BCUT2D eigenvalue weighted by molar-refractivity contribution is -0.138. The first-order valence-corrected chi connectivity index (χ1v) is 24.4. The van der Waals surface area contributed by atoms with E-state index in [4.69, 9.17) is 18.9 Å². The number of benzene rings is 4. The van der Waals surface area contributed by atoms with Gasteiger partial charge in [0.05, 0.1) is 26.4 Å². The molecular weight excluding hydrogens is 825 g/mol. The minimum atomic E-state index is -0.842. The van der Waals surface area contributed by atoms with E-state index in [1.54, 1.807) is 0 Å². The van der Waals surface area contributed by atoms with Crippen molar-refractivity contribution in [3.8, 4) is 23.0 Å². The van der Waals surface area contributed by atoms with Crippen molar-refractivity contribution in [2.75, 3.05) is 26.4 Å². The second-order valence-electron chi connectivity index (χ2n) is 22.6. The van der Waals surface area contributed by atoms with Gasteiger partial charge >= 0.3 is 11.9 Å². The molecule has 8 nitrogen and oxygen atoms in total. The molecule has 360 valence electrons. The predicted octanol–water partition coefficient (Wildman–Crippen LogP) is 13.6. The molecule has 0 saturated heterocycles. The van der Waals surface area contributed by atoms with E-state index in [9.17, 15) is 19.8 Å². The Labute approximate surface area is 396 Å². The molecule has 1 aliphatic carbocycles. The molecule has 0 amide bonds. The topological polar surface area (TPSA) is 112 Å². The Morgan fingerprint density at radius 3 is 0.758 bits per heavy atom. The molecular formula is C58H80O8. The maximum absolute atomic E-state index is 11.7. The Morgan fingerprint density at radius 1 is 0.394 bits per heavy atom. The SMILES string of the molecule is CCCOc1c2cc(C(C)(C)C)cc1Cc1cc(C(C)(C)C)cc(c1OCCCC(=O)O)Cc1cc(C(C)(C)C)cc(c1OCCC)Cc1cc(C(C)(C)C)cc(c1OCCCC(=O)O)C2. The zero-order valence-electron chi connectivity index (χ0n) is 42.9. The molecule has 0 aliphatic heterocycles. The molecule has 0 spiro atoms. The average Bonchev–Trinajstić information content (AvgIpc) is 3.19. The lowest BCUT2D eigenvalue weighted by Gasteiger charge is -2.29. The molecule has 5 rings (SSSR count). The van der Waals surface area contributed by atoms with Crippen LogP contribution < -0.4 is 18.9 Å². The molecule has 1 aliphatic rings. The number of fused-ring (bicyclic) bond motifs is 8. The van der Waals surface area contributed by atoms with Crippen LogP contribution in [0.25, 0.3) is 0 Å². The Balaban J connectivity index is 1.99. The molecule has 8 bridgehead atoms. The number of ether oxygens (including phenoxy) is 4. The molecule has 0 fully saturated rings. The molecule has 0 radical (unpaired) electrons. The highest BCUT2D eigenvalue weighted by atomic mass is 16.5. The van der Waals surface area contributed by atoms with Crippen molar-refractivity contribution in [3.63, 3.8) is 0 Å². The minimum Gasteiger partial charge on any atom is -0.493 e. The summed E-state index contributed by atoms with van der Waals surface area (Å²) >= 11 is 0. The van der Waals surface area contributed by atoms with Gasteiger partial charge in [-0.25, -0.2) is 0 Å². The van der Waals surface area contributed by atoms with Crippen LogP contribution in [0.1, 0.15) is 202 Å². The fraction of sp³-hybridized carbons (Fsp3) is 0.552. The third-order valence-corrected chi connectivity index (χ3v) is 12.4. The summed E-state index contributed by atoms with van der Waals surface area (Å²) in [6.45, 7) is 32.8. The number of aliphatic carboxylic acids is 2. The quantitative estimate of drug-likeness (QED) is 0.0942. The van der Waals surface area contributed by atoms with Crippen molar-refractivity contribution in [2.45, 2.75) is 183 Å². The Hall–Kier alpha value is -4.98. The van der Waals surface area contributed by atoms with Crippen LogP contribution in [0, 0.1) is 0 Å². The lowest BCUT2D eigenvalue weighted by atomic mass is 9.79. The van der Waals surface area contributed by atoms with Gasteiger partial charge in [-0.1, -0.05) is 145 Å². The van der Waals surface area contributed by atoms with E-state index >= 15 is 0 Å². The largest absolute Gasteiger partial charge is 0.493 e. The van der Waals surface area contributed by atoms with E-state index in [-0.39, 0.29) is 47.7 Å². The standard InChI is InChI=1S/C58H80O8/c1-15-21-63-51-37-25-41-33-47(57(9,10)11)35-43(53(41)65-23-17-19-49(59)60)27-39-31-46(56(6,7)8)32-40(52(39)64-22-16-2)28-44-36-48(58(12,13)14)34-42(54(44)66-24-18-20-50(61)62)26-38(51)30-45(29-37)55(3,4)5/h29-36H,15-28H2,1-14H3,(H,59,60)(H,61,62). The molecule has 2 N–H and O–H groups in total. The highest BCUT2D eigenvalue weighted by Gasteiger charge is 2.29. The van der Waals surface area contributed by atoms with Gasteiger partial charge in [-0.3, -0.25) is 9.59 Å². The third kappa shape index (κ3) is 13.6. The Morgan fingerprint density at radius 2 is 0.591 bits per heavy atom. The first-order valence-electron chi connectivity index (χ1n) is 24.4. The zero-order valence-corrected chi connectivity index (χ0v) is 42.9. The first-order chi connectivity index (χ1) is 30.8. The van der Waals surface area contributed by atoms with Gasteiger partial charge in [-0.05, 0) is 114 Å². The van der Waals surface area contributed by atoms with Crippen molar-refractivity contribution in [2.24, 2.45) is 0 Å². The zero-order chi connectivity index (χ0) is 48.8. The van der Waals surface area contributed by atoms with Crippen molar-refractivity contribution in [1.82, 2.24) is 0 Å². The molecule has 0 aromatic heterocycles. The molecule has 4 aromatic rings. The monoisotopic (exact) mass is 905 g/mol. The summed E-state index contributed by atoms with van der Waals surface area (Å²) < 4.78 is 27.5. The van der Waals surface area contributed by atoms with Gasteiger partial charge in [0.1, 0.15) is 23.0 Å². The summed E-state index contributed by atoms with van der Waals surface area (Å²) in [6, 6.07) is 18.4. The van der Waals surface area contributed by atoms with Crippen LogP contribution in [0.3, 0.4) is 0 Å². The summed E-state index contributed by atoms with van der Waals surface area (Å²) in [6.07, 6.45) is 4.58. The highest BCUT2D eigenvalue weighted by Crippen LogP contribution is 2.44. The Kier molecular flexibility index (Phi) is 16.8. The van der Waals surface area contributed by atoms with Crippen LogP contribution >= 0.6 is 0 Å². The minimum absolute atomic E-state index is 0.0189. The van der Waals surface area contributed by atoms with E-state index < -0.39 is 11.9 Å². The number of hydrogen-bond donors (Lipinski definition) is 2. The second kappa shape index (κ2) is 21.3. The van der Waals surface area contributed by atoms with E-state index in [0.717, 1.165) is 80.3 Å². The van der Waals surface area contributed by atoms with Gasteiger partial charge < -0.3 is 29.2 Å². The van der Waals surface area contributed by atoms with Crippen LogP contribution in [0.5, 0.6) is 23.0 Å². The van der Waals surface area contributed by atoms with Crippen LogP contribution in [-0.2, 0) is 56.9 Å². The van der Waals surface area contributed by atoms with Crippen molar-refractivity contribution in [3.05, 3.63) is 115 Å². The van der Waals surface area contributed by atoms with E-state index in [1.807, 2.05) is 0 Å². The van der Waals surface area contributed by atoms with Crippen LogP contribution in [-0.4, -0.2) is 48.6 Å². The first kappa shape index (κ1) is 52.0. The number of carboxylic acid groups (broad SMARTS) is 2. The maximum atomic E-state index is 11.7. The van der Waals surface area contributed by atoms with Crippen LogP contribution in [0.15, 0.2) is 48.5 Å². The fourth-order valence-electron chi connectivity index (χ4n) is 8.57. The van der Waals surface area contributed by atoms with Gasteiger partial charge in [0.2, 0.25) is 0 Å². The van der Waals surface area contributed by atoms with Crippen molar-refractivity contribution < 1.29 is 38.7 Å². The molecule has 0 heterocycles. The van der Waals surface area contributed by atoms with Crippen molar-refractivity contribution in [1.29, 1.82) is 0 Å². The molecule has 66 heavy (non-hydrogen) atoms. The van der Waals surface area contributed by atoms with Gasteiger partial charge in [-0.2, -0.15) is 0 Å². The smallest absolute Gasteiger partial charge is 0.303 e. The summed E-state index contributed by atoms with van der Waals surface area (Å²) in [5.74, 6) is 1.59. The van der Waals surface area contributed by atoms with Gasteiger partial charge in [0.15, 0.2) is 0 Å². The molecule has 0 unspecified atom stereocenters. The van der Waals surface area contributed by atoms with E-state index in [1.165, 1.54) is 22.3 Å². The average molecular weight is 905 g/mol. The third-order valence-electron chi connectivity index (χ3n) is 12.4. The second-order valence-corrected chi connectivity index (χ2v) is 22.6. The van der Waals surface area contributed by atoms with Crippen LogP contribution in [0.2, 0.25) is 0 Å². The van der Waals surface area contributed by atoms with Gasteiger partial charge in [0.25, 0.3) is 0 Å². The van der Waals surface area contributed by atoms with E-state index in [0.29, 0.717) is 51.7 Å². The molecule has 0 saturated carbocycles. The fourth-order valence-corrected chi connectivity index (χ4v) is 8.57. The van der Waals surface area contributed by atoms with Crippen molar-refractivity contribution >= 4 is 11.9 Å². The normalized spacial score (nSPS) is 13.3. The Bertz CT molecular complexity index is 2080. The summed E-state index contributed by atoms with van der Waals surface area (Å²) in [5.41, 5.74) is 12.3. The summed E-state index contributed by atoms with van der Waals surface area (Å²) in [4.78, 5) is 23.5. The predicted molar refractivity (Wildman–Crippen MR) is 268 cm³/mol.